The Morgan fingerprint density at radius 3 is 1.68 bits per heavy atom. The van der Waals surface area contributed by atoms with Crippen molar-refractivity contribution in [3.63, 3.8) is 0 Å². The predicted molar refractivity (Wildman–Crippen MR) is 162 cm³/mol. The van der Waals surface area contributed by atoms with E-state index in [2.05, 4.69) is 62.4 Å². The van der Waals surface area contributed by atoms with Gasteiger partial charge in [-0.25, -0.2) is 0 Å². The summed E-state index contributed by atoms with van der Waals surface area (Å²) in [6, 6.07) is 15.8. The summed E-state index contributed by atoms with van der Waals surface area (Å²) in [7, 11) is 0. The minimum Gasteiger partial charge on any atom is -0.481 e. The molecule has 0 saturated carbocycles. The number of hydrogen-bond donors (Lipinski definition) is 3. The number of nitrogens with two attached hydrogens (primary N) is 1. The second-order valence-corrected chi connectivity index (χ2v) is 14.7. The van der Waals surface area contributed by atoms with Gasteiger partial charge in [-0.15, -0.1) is 56.7 Å². The van der Waals surface area contributed by atoms with E-state index in [9.17, 15) is 19.8 Å². The lowest BCUT2D eigenvalue weighted by atomic mass is 10.1. The standard InChI is InChI=1S/C28H25NO4S5/c1-14-3-6-19(34-14)23-12-16(5-10-25(30)31)26(37-23)21-8-9-22(36-21)27-17(11-18(29)28(32)33)13-24(38-27)20-7-4-15(2)35-20/h3-4,6-9,12-13,18H,5,10-11,29H2,1-2H3,(H,30,31)(H,32,33). The lowest BCUT2D eigenvalue weighted by Crippen LogP contribution is -2.32. The van der Waals surface area contributed by atoms with Crippen LogP contribution < -0.4 is 5.73 Å². The lowest BCUT2D eigenvalue weighted by Gasteiger charge is -2.06. The summed E-state index contributed by atoms with van der Waals surface area (Å²) in [6.07, 6.45) is 0.804. The van der Waals surface area contributed by atoms with Crippen LogP contribution in [0.1, 0.15) is 27.3 Å². The SMILES string of the molecule is Cc1ccc(-c2cc(CCC(=O)O)c(-c3ccc(-c4sc(-c5ccc(C)s5)cc4CC(N)C(=O)O)s3)s2)s1. The van der Waals surface area contributed by atoms with Crippen LogP contribution in [0.4, 0.5) is 0 Å². The molecule has 0 bridgehead atoms. The molecular weight excluding hydrogens is 575 g/mol. The fourth-order valence-corrected chi connectivity index (χ4v) is 9.73. The molecule has 0 aromatic carbocycles. The minimum absolute atomic E-state index is 0.0800. The zero-order chi connectivity index (χ0) is 27.0. The highest BCUT2D eigenvalue weighted by Crippen LogP contribution is 2.48. The van der Waals surface area contributed by atoms with Crippen LogP contribution in [0.3, 0.4) is 0 Å². The van der Waals surface area contributed by atoms with Crippen molar-refractivity contribution in [1.29, 1.82) is 0 Å². The molecule has 10 heteroatoms. The molecule has 196 valence electrons. The van der Waals surface area contributed by atoms with Crippen LogP contribution in [-0.2, 0) is 22.4 Å². The Hall–Kier alpha value is -2.60. The van der Waals surface area contributed by atoms with Gasteiger partial charge in [0.25, 0.3) is 0 Å². The summed E-state index contributed by atoms with van der Waals surface area (Å²) in [4.78, 5) is 34.2. The van der Waals surface area contributed by atoms with Crippen LogP contribution >= 0.6 is 56.7 Å². The third kappa shape index (κ3) is 5.85. The molecule has 0 aliphatic carbocycles. The first-order valence-electron chi connectivity index (χ1n) is 11.9. The van der Waals surface area contributed by atoms with Crippen molar-refractivity contribution in [1.82, 2.24) is 0 Å². The topological polar surface area (TPSA) is 101 Å². The first kappa shape index (κ1) is 27.0. The molecule has 1 atom stereocenters. The number of carboxylic acids is 2. The number of thiophene rings is 5. The van der Waals surface area contributed by atoms with Gasteiger partial charge in [0.2, 0.25) is 0 Å². The van der Waals surface area contributed by atoms with Crippen molar-refractivity contribution in [2.75, 3.05) is 0 Å². The van der Waals surface area contributed by atoms with Gasteiger partial charge < -0.3 is 15.9 Å². The number of rotatable bonds is 10. The Bertz CT molecular complexity index is 1610. The van der Waals surface area contributed by atoms with Crippen molar-refractivity contribution in [2.24, 2.45) is 5.73 Å². The molecule has 5 aromatic heterocycles. The molecule has 5 nitrogen and oxygen atoms in total. The monoisotopic (exact) mass is 599 g/mol. The highest BCUT2D eigenvalue weighted by molar-refractivity contribution is 7.29. The number of carboxylic acid groups (broad SMARTS) is 2. The molecule has 0 spiro atoms. The Morgan fingerprint density at radius 2 is 1.21 bits per heavy atom. The van der Waals surface area contributed by atoms with E-state index in [1.165, 1.54) is 14.6 Å². The van der Waals surface area contributed by atoms with Crippen molar-refractivity contribution in [2.45, 2.75) is 39.2 Å². The maximum absolute atomic E-state index is 11.5. The second kappa shape index (κ2) is 11.3. The molecule has 0 aliphatic heterocycles. The largest absolute Gasteiger partial charge is 0.481 e. The van der Waals surface area contributed by atoms with Crippen molar-refractivity contribution < 1.29 is 19.8 Å². The van der Waals surface area contributed by atoms with Gasteiger partial charge in [-0.05, 0) is 86.3 Å². The number of carbonyl (C=O) groups is 2. The van der Waals surface area contributed by atoms with Crippen LogP contribution in [0.25, 0.3) is 39.0 Å². The highest BCUT2D eigenvalue weighted by atomic mass is 32.1. The first-order chi connectivity index (χ1) is 18.2. The summed E-state index contributed by atoms with van der Waals surface area (Å²) >= 11 is 8.47. The van der Waals surface area contributed by atoms with Gasteiger partial charge in [-0.3, -0.25) is 9.59 Å². The van der Waals surface area contributed by atoms with Crippen LogP contribution in [0.5, 0.6) is 0 Å². The number of hydrogen-bond acceptors (Lipinski definition) is 8. The summed E-state index contributed by atoms with van der Waals surface area (Å²) in [5.41, 5.74) is 7.93. The fraction of sp³-hybridized carbons (Fsp3) is 0.214. The molecule has 1 unspecified atom stereocenters. The summed E-state index contributed by atoms with van der Waals surface area (Å²) in [5.74, 6) is -1.82. The number of aryl methyl sites for hydroxylation is 3. The highest BCUT2D eigenvalue weighted by Gasteiger charge is 2.22. The zero-order valence-corrected chi connectivity index (χ0v) is 24.7. The minimum atomic E-state index is -1.01. The summed E-state index contributed by atoms with van der Waals surface area (Å²) in [6.45, 7) is 4.16. The van der Waals surface area contributed by atoms with E-state index in [0.29, 0.717) is 6.42 Å². The van der Waals surface area contributed by atoms with Crippen molar-refractivity contribution in [3.8, 4) is 39.0 Å². The zero-order valence-electron chi connectivity index (χ0n) is 20.6. The molecule has 0 aliphatic rings. The van der Waals surface area contributed by atoms with Crippen LogP contribution in [0, 0.1) is 13.8 Å². The third-order valence-electron chi connectivity index (χ3n) is 6.00. The molecule has 4 N–H and O–H groups in total. The number of aliphatic carboxylic acids is 2. The molecule has 0 saturated heterocycles. The molecular formula is C28H25NO4S5. The average molecular weight is 600 g/mol. The first-order valence-corrected chi connectivity index (χ1v) is 16.0. The Kier molecular flexibility index (Phi) is 7.99. The summed E-state index contributed by atoms with van der Waals surface area (Å²) < 4.78 is 0. The normalized spacial score (nSPS) is 12.2. The van der Waals surface area contributed by atoms with Gasteiger partial charge >= 0.3 is 11.9 Å². The second-order valence-electron chi connectivity index (χ2n) is 8.96. The fourth-order valence-electron chi connectivity index (χ4n) is 4.14. The molecule has 0 fully saturated rings. The van der Waals surface area contributed by atoms with E-state index in [0.717, 1.165) is 45.3 Å². The van der Waals surface area contributed by atoms with Gasteiger partial charge in [0.05, 0.1) is 0 Å². The molecule has 5 heterocycles. The van der Waals surface area contributed by atoms with Crippen LogP contribution in [0.2, 0.25) is 0 Å². The Balaban J connectivity index is 1.54. The van der Waals surface area contributed by atoms with E-state index in [1.54, 1.807) is 56.7 Å². The molecule has 0 radical (unpaired) electrons. The van der Waals surface area contributed by atoms with E-state index in [4.69, 9.17) is 5.73 Å². The predicted octanol–water partition coefficient (Wildman–Crippen LogP) is 8.25. The smallest absolute Gasteiger partial charge is 0.320 e. The average Bonchev–Trinajstić information content (AvgIpc) is 3.67. The third-order valence-corrected chi connectivity index (χ3v) is 12.2. The molecule has 0 amide bonds. The Morgan fingerprint density at radius 1 is 0.711 bits per heavy atom. The van der Waals surface area contributed by atoms with Crippen LogP contribution in [0.15, 0.2) is 48.5 Å². The molecule has 5 aromatic rings. The van der Waals surface area contributed by atoms with Gasteiger partial charge in [-0.2, -0.15) is 0 Å². The Labute approximate surface area is 240 Å². The maximum atomic E-state index is 11.5. The van der Waals surface area contributed by atoms with Gasteiger partial charge in [0.15, 0.2) is 0 Å². The molecule has 38 heavy (non-hydrogen) atoms. The van der Waals surface area contributed by atoms with Crippen LogP contribution in [-0.4, -0.2) is 28.2 Å². The van der Waals surface area contributed by atoms with Gasteiger partial charge in [-0.1, -0.05) is 0 Å². The van der Waals surface area contributed by atoms with Crippen molar-refractivity contribution in [3.05, 3.63) is 69.4 Å². The quantitative estimate of drug-likeness (QED) is 0.150. The summed E-state index contributed by atoms with van der Waals surface area (Å²) in [5, 5.41) is 18.8. The van der Waals surface area contributed by atoms with E-state index < -0.39 is 18.0 Å². The lowest BCUT2D eigenvalue weighted by molar-refractivity contribution is -0.138. The van der Waals surface area contributed by atoms with E-state index in [1.807, 2.05) is 0 Å². The maximum Gasteiger partial charge on any atom is 0.320 e. The van der Waals surface area contributed by atoms with Gasteiger partial charge in [0, 0.05) is 55.2 Å². The van der Waals surface area contributed by atoms with E-state index >= 15 is 0 Å². The van der Waals surface area contributed by atoms with E-state index in [-0.39, 0.29) is 12.8 Å². The molecule has 5 rings (SSSR count). The van der Waals surface area contributed by atoms with Gasteiger partial charge in [0.1, 0.15) is 6.04 Å². The van der Waals surface area contributed by atoms with Crippen molar-refractivity contribution >= 4 is 68.6 Å².